The van der Waals surface area contributed by atoms with Gasteiger partial charge in [-0.1, -0.05) is 18.2 Å². The van der Waals surface area contributed by atoms with Crippen molar-refractivity contribution in [3.05, 3.63) is 29.8 Å². The fourth-order valence-electron chi connectivity index (χ4n) is 2.26. The summed E-state index contributed by atoms with van der Waals surface area (Å²) in [5, 5.41) is 12.4. The van der Waals surface area contributed by atoms with Gasteiger partial charge in [0.1, 0.15) is 0 Å². The number of hydrogen-bond donors (Lipinski definition) is 2. The standard InChI is InChI=1S/C11H13NO4S/c1-17(15,16)11(10(13)14)6-7-12-9-5-3-2-4-8(9)11/h2-5,12H,6-7H2,1H3,(H,13,14). The maximum Gasteiger partial charge on any atom is 0.329 e. The molecule has 0 aromatic heterocycles. The second-order valence-corrected chi connectivity index (χ2v) is 6.37. The Kier molecular flexibility index (Phi) is 2.61. The summed E-state index contributed by atoms with van der Waals surface area (Å²) in [7, 11) is -3.74. The normalized spacial score (nSPS) is 23.6. The summed E-state index contributed by atoms with van der Waals surface area (Å²) < 4.78 is 22.0. The SMILES string of the molecule is CS(=O)(=O)C1(C(=O)O)CCNc2ccccc21. The average Bonchev–Trinajstić information content (AvgIpc) is 2.26. The molecule has 5 nitrogen and oxygen atoms in total. The van der Waals surface area contributed by atoms with E-state index in [2.05, 4.69) is 5.32 Å². The van der Waals surface area contributed by atoms with Crippen LogP contribution in [0.25, 0.3) is 0 Å². The van der Waals surface area contributed by atoms with E-state index in [-0.39, 0.29) is 6.42 Å². The number of anilines is 1. The van der Waals surface area contributed by atoms with E-state index >= 15 is 0 Å². The first-order valence-corrected chi connectivity index (χ1v) is 7.05. The molecule has 0 saturated heterocycles. The molecule has 6 heteroatoms. The van der Waals surface area contributed by atoms with Gasteiger partial charge in [0, 0.05) is 24.1 Å². The third-order valence-electron chi connectivity index (χ3n) is 3.13. The van der Waals surface area contributed by atoms with Crippen molar-refractivity contribution in [1.82, 2.24) is 0 Å². The minimum Gasteiger partial charge on any atom is -0.480 e. The van der Waals surface area contributed by atoms with Gasteiger partial charge in [0.2, 0.25) is 0 Å². The summed E-state index contributed by atoms with van der Waals surface area (Å²) in [6, 6.07) is 6.63. The van der Waals surface area contributed by atoms with Crippen LogP contribution in [0.4, 0.5) is 5.69 Å². The number of para-hydroxylation sites is 1. The third-order valence-corrected chi connectivity index (χ3v) is 5.00. The first-order valence-electron chi connectivity index (χ1n) is 5.16. The minimum absolute atomic E-state index is 0.0399. The molecule has 0 radical (unpaired) electrons. The van der Waals surface area contributed by atoms with Crippen molar-refractivity contribution >= 4 is 21.5 Å². The van der Waals surface area contributed by atoms with E-state index < -0.39 is 20.6 Å². The van der Waals surface area contributed by atoms with Gasteiger partial charge >= 0.3 is 5.97 Å². The van der Waals surface area contributed by atoms with Crippen molar-refractivity contribution in [2.75, 3.05) is 18.1 Å². The number of carbonyl (C=O) groups is 1. The average molecular weight is 255 g/mol. The molecule has 0 spiro atoms. The van der Waals surface area contributed by atoms with Crippen LogP contribution in [0.3, 0.4) is 0 Å². The van der Waals surface area contributed by atoms with Crippen LogP contribution in [-0.2, 0) is 19.4 Å². The van der Waals surface area contributed by atoms with Crippen molar-refractivity contribution < 1.29 is 18.3 Å². The molecule has 0 aliphatic carbocycles. The number of benzene rings is 1. The molecule has 0 bridgehead atoms. The van der Waals surface area contributed by atoms with Crippen molar-refractivity contribution in [3.63, 3.8) is 0 Å². The zero-order chi connectivity index (χ0) is 12.7. The molecule has 2 rings (SSSR count). The zero-order valence-electron chi connectivity index (χ0n) is 9.30. The molecule has 0 fully saturated rings. The molecule has 1 aromatic rings. The lowest BCUT2D eigenvalue weighted by Crippen LogP contribution is -2.47. The van der Waals surface area contributed by atoms with Crippen LogP contribution in [0.5, 0.6) is 0 Å². The van der Waals surface area contributed by atoms with Crippen molar-refractivity contribution in [3.8, 4) is 0 Å². The van der Waals surface area contributed by atoms with Gasteiger partial charge in [-0.2, -0.15) is 0 Å². The molecule has 2 N–H and O–H groups in total. The van der Waals surface area contributed by atoms with Crippen LogP contribution >= 0.6 is 0 Å². The molecule has 0 amide bonds. The lowest BCUT2D eigenvalue weighted by Gasteiger charge is -2.34. The van der Waals surface area contributed by atoms with Crippen LogP contribution in [0.1, 0.15) is 12.0 Å². The van der Waals surface area contributed by atoms with E-state index in [1.54, 1.807) is 24.3 Å². The van der Waals surface area contributed by atoms with E-state index in [9.17, 15) is 18.3 Å². The fourth-order valence-corrected chi connectivity index (χ4v) is 3.63. The van der Waals surface area contributed by atoms with Gasteiger partial charge in [-0.25, -0.2) is 8.42 Å². The maximum atomic E-state index is 11.9. The fraction of sp³-hybridized carbons (Fsp3) is 0.364. The third kappa shape index (κ3) is 1.59. The predicted molar refractivity (Wildman–Crippen MR) is 63.7 cm³/mol. The number of carboxylic acid groups (broad SMARTS) is 1. The molecule has 0 saturated carbocycles. The number of fused-ring (bicyclic) bond motifs is 1. The summed E-state index contributed by atoms with van der Waals surface area (Å²) in [5.74, 6) is -1.31. The first kappa shape index (κ1) is 11.9. The molecular weight excluding hydrogens is 242 g/mol. The first-order chi connectivity index (χ1) is 7.89. The monoisotopic (exact) mass is 255 g/mol. The lowest BCUT2D eigenvalue weighted by atomic mass is 9.90. The topological polar surface area (TPSA) is 83.5 Å². The van der Waals surface area contributed by atoms with E-state index in [0.717, 1.165) is 6.26 Å². The van der Waals surface area contributed by atoms with Crippen molar-refractivity contribution in [2.24, 2.45) is 0 Å². The summed E-state index contributed by atoms with van der Waals surface area (Å²) in [6.07, 6.45) is 1.02. The Labute approximate surface area is 99.4 Å². The van der Waals surface area contributed by atoms with E-state index in [0.29, 0.717) is 17.8 Å². The maximum absolute atomic E-state index is 11.9. The summed E-state index contributed by atoms with van der Waals surface area (Å²) in [5.41, 5.74) is 0.896. The van der Waals surface area contributed by atoms with Gasteiger partial charge in [0.25, 0.3) is 0 Å². The Hall–Kier alpha value is -1.56. The highest BCUT2D eigenvalue weighted by molar-refractivity contribution is 7.92. The predicted octanol–water partition coefficient (Wildman–Crippen LogP) is 0.827. The summed E-state index contributed by atoms with van der Waals surface area (Å²) >= 11 is 0. The van der Waals surface area contributed by atoms with Crippen LogP contribution in [0.15, 0.2) is 24.3 Å². The number of sulfone groups is 1. The largest absolute Gasteiger partial charge is 0.480 e. The lowest BCUT2D eigenvalue weighted by molar-refractivity contribution is -0.140. The molecule has 1 unspecified atom stereocenters. The summed E-state index contributed by atoms with van der Waals surface area (Å²) in [6.45, 7) is 0.330. The number of carboxylic acids is 1. The molecule has 1 aliphatic heterocycles. The molecular formula is C11H13NO4S. The Morgan fingerprint density at radius 3 is 2.65 bits per heavy atom. The number of rotatable bonds is 2. The smallest absolute Gasteiger partial charge is 0.329 e. The Balaban J connectivity index is 2.78. The second-order valence-electron chi connectivity index (χ2n) is 4.13. The van der Waals surface area contributed by atoms with Crippen molar-refractivity contribution in [1.29, 1.82) is 0 Å². The van der Waals surface area contributed by atoms with Gasteiger partial charge < -0.3 is 10.4 Å². The molecule has 17 heavy (non-hydrogen) atoms. The van der Waals surface area contributed by atoms with Gasteiger partial charge in [0.05, 0.1) is 0 Å². The number of nitrogens with one attached hydrogen (secondary N) is 1. The van der Waals surface area contributed by atoms with Crippen LogP contribution < -0.4 is 5.32 Å². The summed E-state index contributed by atoms with van der Waals surface area (Å²) in [4.78, 5) is 11.5. The highest BCUT2D eigenvalue weighted by Gasteiger charge is 2.52. The number of aliphatic carboxylic acids is 1. The molecule has 1 heterocycles. The molecule has 92 valence electrons. The molecule has 1 aliphatic rings. The van der Waals surface area contributed by atoms with Gasteiger partial charge in [-0.05, 0) is 12.5 Å². The van der Waals surface area contributed by atoms with Crippen LogP contribution in [0, 0.1) is 0 Å². The minimum atomic E-state index is -3.74. The molecule has 1 atom stereocenters. The van der Waals surface area contributed by atoms with Crippen LogP contribution in [-0.4, -0.2) is 32.3 Å². The molecule has 1 aromatic carbocycles. The highest BCUT2D eigenvalue weighted by atomic mass is 32.2. The van der Waals surface area contributed by atoms with E-state index in [4.69, 9.17) is 0 Å². The van der Waals surface area contributed by atoms with Crippen molar-refractivity contribution in [2.45, 2.75) is 11.2 Å². The Morgan fingerprint density at radius 1 is 1.41 bits per heavy atom. The van der Waals surface area contributed by atoms with E-state index in [1.807, 2.05) is 0 Å². The van der Waals surface area contributed by atoms with Crippen LogP contribution in [0.2, 0.25) is 0 Å². The van der Waals surface area contributed by atoms with Gasteiger partial charge in [0.15, 0.2) is 14.6 Å². The number of hydrogen-bond acceptors (Lipinski definition) is 4. The zero-order valence-corrected chi connectivity index (χ0v) is 10.1. The second kappa shape index (κ2) is 3.73. The quantitative estimate of drug-likeness (QED) is 0.817. The highest BCUT2D eigenvalue weighted by Crippen LogP contribution is 2.41. The van der Waals surface area contributed by atoms with E-state index in [1.165, 1.54) is 0 Å². The van der Waals surface area contributed by atoms with Gasteiger partial charge in [-0.15, -0.1) is 0 Å². The van der Waals surface area contributed by atoms with Gasteiger partial charge in [-0.3, -0.25) is 4.79 Å². The Morgan fingerprint density at radius 2 is 2.06 bits per heavy atom. The Bertz CT molecular complexity index is 567.